The zero-order valence-corrected chi connectivity index (χ0v) is 21.3. The highest BCUT2D eigenvalue weighted by molar-refractivity contribution is 5.94. The van der Waals surface area contributed by atoms with Crippen molar-refractivity contribution >= 4 is 22.7 Å². The molecular weight excluding hydrogens is 434 g/mol. The molecule has 2 fully saturated rings. The average molecular weight is 476 g/mol. The Morgan fingerprint density at radius 3 is 2.49 bits per heavy atom. The van der Waals surface area contributed by atoms with Crippen molar-refractivity contribution < 1.29 is 5.11 Å². The van der Waals surface area contributed by atoms with Crippen molar-refractivity contribution in [1.29, 1.82) is 0 Å². The van der Waals surface area contributed by atoms with Crippen molar-refractivity contribution in [3.05, 3.63) is 36.7 Å². The Balaban J connectivity index is 1.45. The predicted molar refractivity (Wildman–Crippen MR) is 145 cm³/mol. The van der Waals surface area contributed by atoms with Crippen molar-refractivity contribution in [1.82, 2.24) is 14.5 Å². The SMILES string of the molecule is CCC[C@H](C)Nc1ncc2c(-c3ccc(NC4CCCCC4)cc3)cn([C@H]3CC[C@H](O)CC3)c2n1. The van der Waals surface area contributed by atoms with Gasteiger partial charge in [-0.3, -0.25) is 0 Å². The molecule has 1 atom stereocenters. The van der Waals surface area contributed by atoms with Crippen LogP contribution in [-0.2, 0) is 0 Å². The van der Waals surface area contributed by atoms with Gasteiger partial charge in [0.1, 0.15) is 5.65 Å². The van der Waals surface area contributed by atoms with E-state index in [1.54, 1.807) is 0 Å². The Labute approximate surface area is 209 Å². The molecule has 5 rings (SSSR count). The molecule has 0 spiro atoms. The van der Waals surface area contributed by atoms with Gasteiger partial charge in [-0.2, -0.15) is 4.98 Å². The lowest BCUT2D eigenvalue weighted by atomic mass is 9.93. The molecule has 6 nitrogen and oxygen atoms in total. The number of hydrogen-bond acceptors (Lipinski definition) is 5. The Morgan fingerprint density at radius 1 is 1.03 bits per heavy atom. The van der Waals surface area contributed by atoms with E-state index in [1.165, 1.54) is 48.9 Å². The van der Waals surface area contributed by atoms with E-state index in [0.29, 0.717) is 24.1 Å². The summed E-state index contributed by atoms with van der Waals surface area (Å²) in [5.74, 6) is 0.701. The second-order valence-corrected chi connectivity index (χ2v) is 10.7. The Hall–Kier alpha value is -2.60. The maximum Gasteiger partial charge on any atom is 0.224 e. The fraction of sp³-hybridized carbons (Fsp3) is 0.586. The molecule has 35 heavy (non-hydrogen) atoms. The molecule has 6 heteroatoms. The summed E-state index contributed by atoms with van der Waals surface area (Å²) in [5.41, 5.74) is 4.58. The third-order valence-electron chi connectivity index (χ3n) is 7.90. The number of rotatable bonds is 8. The fourth-order valence-corrected chi connectivity index (χ4v) is 5.90. The molecule has 2 aliphatic rings. The number of nitrogens with one attached hydrogen (secondary N) is 2. The fourth-order valence-electron chi connectivity index (χ4n) is 5.90. The summed E-state index contributed by atoms with van der Waals surface area (Å²) in [4.78, 5) is 9.69. The third-order valence-corrected chi connectivity index (χ3v) is 7.90. The van der Waals surface area contributed by atoms with Crippen LogP contribution in [0.3, 0.4) is 0 Å². The molecule has 2 aliphatic carbocycles. The molecule has 0 amide bonds. The van der Waals surface area contributed by atoms with Gasteiger partial charge in [-0.05, 0) is 69.6 Å². The van der Waals surface area contributed by atoms with Crippen LogP contribution in [0.5, 0.6) is 0 Å². The van der Waals surface area contributed by atoms with Gasteiger partial charge in [0.2, 0.25) is 5.95 Å². The minimum absolute atomic E-state index is 0.168. The lowest BCUT2D eigenvalue weighted by molar-refractivity contribution is 0.111. The van der Waals surface area contributed by atoms with Gasteiger partial charge in [0.25, 0.3) is 0 Å². The number of benzene rings is 1. The van der Waals surface area contributed by atoms with E-state index in [1.807, 2.05) is 6.20 Å². The van der Waals surface area contributed by atoms with Crippen LogP contribution < -0.4 is 10.6 Å². The molecular formula is C29H41N5O. The Morgan fingerprint density at radius 2 is 1.77 bits per heavy atom. The number of nitrogens with zero attached hydrogens (tertiary/aromatic N) is 3. The highest BCUT2D eigenvalue weighted by Gasteiger charge is 2.24. The zero-order valence-electron chi connectivity index (χ0n) is 21.3. The summed E-state index contributed by atoms with van der Waals surface area (Å²) in [6.07, 6.45) is 16.6. The normalized spacial score (nSPS) is 22.3. The molecule has 3 N–H and O–H groups in total. The number of aliphatic hydroxyl groups is 1. The van der Waals surface area contributed by atoms with Crippen molar-refractivity contribution in [3.63, 3.8) is 0 Å². The quantitative estimate of drug-likeness (QED) is 0.330. The first kappa shape index (κ1) is 24.1. The summed E-state index contributed by atoms with van der Waals surface area (Å²) in [7, 11) is 0. The summed E-state index contributed by atoms with van der Waals surface area (Å²) in [6, 6.07) is 10.2. The van der Waals surface area contributed by atoms with Crippen molar-refractivity contribution in [3.8, 4) is 11.1 Å². The van der Waals surface area contributed by atoms with Crippen molar-refractivity contribution in [2.24, 2.45) is 0 Å². The number of aromatic nitrogens is 3. The van der Waals surface area contributed by atoms with Gasteiger partial charge >= 0.3 is 0 Å². The molecule has 2 aromatic heterocycles. The van der Waals surface area contributed by atoms with Gasteiger partial charge < -0.3 is 20.3 Å². The van der Waals surface area contributed by atoms with Crippen LogP contribution in [0.1, 0.15) is 90.5 Å². The second kappa shape index (κ2) is 11.0. The van der Waals surface area contributed by atoms with Crippen LogP contribution in [0.15, 0.2) is 36.7 Å². The molecule has 0 unspecified atom stereocenters. The van der Waals surface area contributed by atoms with E-state index in [-0.39, 0.29) is 6.10 Å². The van der Waals surface area contributed by atoms with Crippen LogP contribution in [-0.4, -0.2) is 37.8 Å². The first-order valence-electron chi connectivity index (χ1n) is 13.8. The highest BCUT2D eigenvalue weighted by atomic mass is 16.3. The van der Waals surface area contributed by atoms with E-state index < -0.39 is 0 Å². The molecule has 2 heterocycles. The van der Waals surface area contributed by atoms with Crippen molar-refractivity contribution in [2.45, 2.75) is 109 Å². The largest absolute Gasteiger partial charge is 0.393 e. The van der Waals surface area contributed by atoms with Crippen LogP contribution in [0.2, 0.25) is 0 Å². The van der Waals surface area contributed by atoms with Crippen LogP contribution in [0, 0.1) is 0 Å². The highest BCUT2D eigenvalue weighted by Crippen LogP contribution is 2.37. The topological polar surface area (TPSA) is 75.0 Å². The first-order valence-corrected chi connectivity index (χ1v) is 13.8. The van der Waals surface area contributed by atoms with Crippen LogP contribution in [0.4, 0.5) is 11.6 Å². The van der Waals surface area contributed by atoms with Crippen LogP contribution in [0.25, 0.3) is 22.2 Å². The van der Waals surface area contributed by atoms with Gasteiger partial charge in [0, 0.05) is 47.2 Å². The lowest BCUT2D eigenvalue weighted by Gasteiger charge is -2.27. The summed E-state index contributed by atoms with van der Waals surface area (Å²) in [6.45, 7) is 4.39. The van der Waals surface area contributed by atoms with Gasteiger partial charge in [-0.25, -0.2) is 4.98 Å². The molecule has 0 saturated heterocycles. The third kappa shape index (κ3) is 5.64. The van der Waals surface area contributed by atoms with E-state index in [2.05, 4.69) is 59.5 Å². The van der Waals surface area contributed by atoms with Gasteiger partial charge in [0.05, 0.1) is 6.10 Å². The smallest absolute Gasteiger partial charge is 0.224 e. The summed E-state index contributed by atoms with van der Waals surface area (Å²) >= 11 is 0. The zero-order chi connectivity index (χ0) is 24.2. The number of fused-ring (bicyclic) bond motifs is 1. The molecule has 188 valence electrons. The van der Waals surface area contributed by atoms with Crippen molar-refractivity contribution in [2.75, 3.05) is 10.6 Å². The van der Waals surface area contributed by atoms with Gasteiger partial charge in [-0.15, -0.1) is 0 Å². The molecule has 1 aromatic carbocycles. The second-order valence-electron chi connectivity index (χ2n) is 10.7. The molecule has 0 bridgehead atoms. The lowest BCUT2D eigenvalue weighted by Crippen LogP contribution is -2.22. The van der Waals surface area contributed by atoms with Crippen LogP contribution >= 0.6 is 0 Å². The van der Waals surface area contributed by atoms with E-state index >= 15 is 0 Å². The molecule has 0 radical (unpaired) electrons. The first-order chi connectivity index (χ1) is 17.1. The number of anilines is 2. The van der Waals surface area contributed by atoms with E-state index in [0.717, 1.165) is 49.6 Å². The summed E-state index contributed by atoms with van der Waals surface area (Å²) < 4.78 is 2.35. The van der Waals surface area contributed by atoms with Gasteiger partial charge in [0.15, 0.2) is 0 Å². The maximum atomic E-state index is 10.1. The Kier molecular flexibility index (Phi) is 7.57. The standard InChI is InChI=1S/C29H41N5O/c1-3-7-20(2)31-29-30-18-26-27(19-34(28(26)33-29)24-14-16-25(35)17-15-24)21-10-12-23(13-11-21)32-22-8-5-4-6-9-22/h10-13,18-20,22,24-25,32,35H,3-9,14-17H2,1-2H3,(H,30,31,33)/t20-,24-,25-/m0/s1. The minimum Gasteiger partial charge on any atom is -0.393 e. The molecule has 3 aromatic rings. The predicted octanol–water partition coefficient (Wildman–Crippen LogP) is 6.92. The van der Waals surface area contributed by atoms with Gasteiger partial charge in [-0.1, -0.05) is 44.7 Å². The molecule has 2 saturated carbocycles. The van der Waals surface area contributed by atoms with E-state index in [4.69, 9.17) is 9.97 Å². The van der Waals surface area contributed by atoms with E-state index in [9.17, 15) is 5.11 Å². The summed E-state index contributed by atoms with van der Waals surface area (Å²) in [5, 5.41) is 18.4. The monoisotopic (exact) mass is 475 g/mol. The molecule has 0 aliphatic heterocycles. The average Bonchev–Trinajstić information content (AvgIpc) is 3.24. The number of hydrogen-bond donors (Lipinski definition) is 3. The number of aliphatic hydroxyl groups excluding tert-OH is 1. The minimum atomic E-state index is -0.168. The maximum absolute atomic E-state index is 10.1. The Bertz CT molecular complexity index is 1090.